The number of aromatic nitrogens is 1. The molecule has 7 nitrogen and oxygen atoms in total. The van der Waals surface area contributed by atoms with Gasteiger partial charge in [0, 0.05) is 18.3 Å². The van der Waals surface area contributed by atoms with Crippen molar-refractivity contribution in [2.75, 3.05) is 6.61 Å². The number of pyridine rings is 1. The highest BCUT2D eigenvalue weighted by molar-refractivity contribution is 6.11. The van der Waals surface area contributed by atoms with Gasteiger partial charge in [-0.2, -0.15) is 0 Å². The van der Waals surface area contributed by atoms with E-state index in [0.717, 1.165) is 24.8 Å². The lowest BCUT2D eigenvalue weighted by molar-refractivity contribution is 0.0523. The van der Waals surface area contributed by atoms with E-state index < -0.39 is 17.3 Å². The average Bonchev–Trinajstić information content (AvgIpc) is 2.85. The standard InChI is InChI=1S/C27H29NO6/c1-3-5-9-15-28-17-20(16-22(26(28)31)27(32)33-4-2)24(29)21-13-10-14-23(25(21)30)34-18-19-11-7-6-8-12-19/h6-8,10-14,16-17,30H,3-5,9,15,18H2,1-2H3. The summed E-state index contributed by atoms with van der Waals surface area (Å²) in [6.07, 6.45) is 4.02. The van der Waals surface area contributed by atoms with Crippen LogP contribution in [-0.4, -0.2) is 28.0 Å². The van der Waals surface area contributed by atoms with Crippen molar-refractivity contribution in [2.45, 2.75) is 46.3 Å². The zero-order valence-electron chi connectivity index (χ0n) is 19.5. The molecule has 3 aromatic rings. The number of benzene rings is 2. The second kappa shape index (κ2) is 11.8. The van der Waals surface area contributed by atoms with Crippen LogP contribution in [0.3, 0.4) is 0 Å². The number of para-hydroxylation sites is 1. The predicted octanol–water partition coefficient (Wildman–Crippen LogP) is 4.73. The normalized spacial score (nSPS) is 10.6. The van der Waals surface area contributed by atoms with Gasteiger partial charge >= 0.3 is 5.97 Å². The van der Waals surface area contributed by atoms with Gasteiger partial charge < -0.3 is 19.1 Å². The van der Waals surface area contributed by atoms with Crippen molar-refractivity contribution >= 4 is 11.8 Å². The van der Waals surface area contributed by atoms with Crippen LogP contribution < -0.4 is 10.3 Å². The van der Waals surface area contributed by atoms with Gasteiger partial charge in [0.25, 0.3) is 5.56 Å². The monoisotopic (exact) mass is 463 g/mol. The summed E-state index contributed by atoms with van der Waals surface area (Å²) in [4.78, 5) is 38.5. The summed E-state index contributed by atoms with van der Waals surface area (Å²) in [5, 5.41) is 10.8. The highest BCUT2D eigenvalue weighted by Gasteiger charge is 2.22. The van der Waals surface area contributed by atoms with Gasteiger partial charge in [-0.1, -0.05) is 56.2 Å². The first-order valence-corrected chi connectivity index (χ1v) is 11.4. The average molecular weight is 464 g/mol. The molecule has 3 rings (SSSR count). The van der Waals surface area contributed by atoms with E-state index in [2.05, 4.69) is 0 Å². The van der Waals surface area contributed by atoms with Gasteiger partial charge in [0.1, 0.15) is 12.2 Å². The molecule has 1 N–H and O–H groups in total. The molecular formula is C27H29NO6. The van der Waals surface area contributed by atoms with Crippen molar-refractivity contribution in [1.82, 2.24) is 4.57 Å². The smallest absolute Gasteiger partial charge is 0.343 e. The molecule has 0 aliphatic rings. The molecule has 0 bridgehead atoms. The number of hydrogen-bond donors (Lipinski definition) is 1. The molecule has 34 heavy (non-hydrogen) atoms. The Labute approximate surface area is 198 Å². The number of phenols is 1. The maximum Gasteiger partial charge on any atom is 0.343 e. The van der Waals surface area contributed by atoms with Gasteiger partial charge in [-0.25, -0.2) is 4.79 Å². The first-order valence-electron chi connectivity index (χ1n) is 11.4. The number of aryl methyl sites for hydroxylation is 1. The molecule has 1 aromatic heterocycles. The van der Waals surface area contributed by atoms with Crippen LogP contribution >= 0.6 is 0 Å². The zero-order valence-corrected chi connectivity index (χ0v) is 19.5. The van der Waals surface area contributed by atoms with Crippen LogP contribution in [-0.2, 0) is 17.9 Å². The summed E-state index contributed by atoms with van der Waals surface area (Å²) >= 11 is 0. The van der Waals surface area contributed by atoms with E-state index in [-0.39, 0.29) is 41.4 Å². The highest BCUT2D eigenvalue weighted by atomic mass is 16.5. The fourth-order valence-corrected chi connectivity index (χ4v) is 3.53. The summed E-state index contributed by atoms with van der Waals surface area (Å²) in [6, 6.07) is 15.3. The predicted molar refractivity (Wildman–Crippen MR) is 128 cm³/mol. The van der Waals surface area contributed by atoms with Crippen LogP contribution in [0.4, 0.5) is 0 Å². The molecule has 0 atom stereocenters. The Kier molecular flexibility index (Phi) is 8.62. The van der Waals surface area contributed by atoms with Gasteiger partial charge in [-0.05, 0) is 37.1 Å². The second-order valence-electron chi connectivity index (χ2n) is 7.82. The maximum atomic E-state index is 13.3. The number of ketones is 1. The zero-order chi connectivity index (χ0) is 24.5. The quantitative estimate of drug-likeness (QED) is 0.251. The van der Waals surface area contributed by atoms with Crippen LogP contribution in [0.2, 0.25) is 0 Å². The lowest BCUT2D eigenvalue weighted by Gasteiger charge is -2.13. The van der Waals surface area contributed by atoms with E-state index in [4.69, 9.17) is 9.47 Å². The van der Waals surface area contributed by atoms with Crippen LogP contribution in [0, 0.1) is 0 Å². The van der Waals surface area contributed by atoms with Crippen molar-refractivity contribution in [2.24, 2.45) is 0 Å². The molecular weight excluding hydrogens is 434 g/mol. The van der Waals surface area contributed by atoms with Crippen LogP contribution in [0.15, 0.2) is 65.6 Å². The van der Waals surface area contributed by atoms with Gasteiger partial charge in [-0.3, -0.25) is 9.59 Å². The lowest BCUT2D eigenvalue weighted by Crippen LogP contribution is -2.28. The summed E-state index contributed by atoms with van der Waals surface area (Å²) < 4.78 is 12.1. The first kappa shape index (κ1) is 24.8. The van der Waals surface area contributed by atoms with Crippen molar-refractivity contribution in [3.63, 3.8) is 0 Å². The number of aromatic hydroxyl groups is 1. The number of rotatable bonds is 11. The summed E-state index contributed by atoms with van der Waals surface area (Å²) in [5.41, 5.74) is 0.320. The Balaban J connectivity index is 1.94. The van der Waals surface area contributed by atoms with E-state index in [1.807, 2.05) is 37.3 Å². The number of ether oxygens (including phenoxy) is 2. The minimum atomic E-state index is -0.782. The van der Waals surface area contributed by atoms with Crippen LogP contribution in [0.1, 0.15) is 65.0 Å². The molecule has 0 fully saturated rings. The fourth-order valence-electron chi connectivity index (χ4n) is 3.53. The molecule has 0 radical (unpaired) electrons. The number of carbonyl (C=O) groups is 2. The number of phenolic OH excluding ortho intramolecular Hbond substituents is 1. The second-order valence-corrected chi connectivity index (χ2v) is 7.82. The molecule has 7 heteroatoms. The molecule has 0 spiro atoms. The van der Waals surface area contributed by atoms with Crippen molar-refractivity contribution < 1.29 is 24.2 Å². The number of unbranched alkanes of at least 4 members (excludes halogenated alkanes) is 2. The van der Waals surface area contributed by atoms with E-state index in [9.17, 15) is 19.5 Å². The van der Waals surface area contributed by atoms with E-state index in [1.54, 1.807) is 19.1 Å². The number of esters is 1. The Morgan fingerprint density at radius 2 is 1.74 bits per heavy atom. The van der Waals surface area contributed by atoms with Gasteiger partial charge in [0.15, 0.2) is 17.3 Å². The molecule has 0 saturated carbocycles. The largest absolute Gasteiger partial charge is 0.504 e. The lowest BCUT2D eigenvalue weighted by atomic mass is 10.0. The van der Waals surface area contributed by atoms with Crippen LogP contribution in [0.25, 0.3) is 0 Å². The van der Waals surface area contributed by atoms with Crippen molar-refractivity contribution in [3.05, 3.63) is 93.4 Å². The van der Waals surface area contributed by atoms with E-state index >= 15 is 0 Å². The molecule has 0 amide bonds. The molecule has 178 valence electrons. The SMILES string of the molecule is CCCCCn1cc(C(=O)c2cccc(OCc3ccccc3)c2O)cc(C(=O)OCC)c1=O. The summed E-state index contributed by atoms with van der Waals surface area (Å²) in [7, 11) is 0. The van der Waals surface area contributed by atoms with Crippen molar-refractivity contribution in [1.29, 1.82) is 0 Å². The molecule has 2 aromatic carbocycles. The van der Waals surface area contributed by atoms with Gasteiger partial charge in [0.05, 0.1) is 12.2 Å². The number of hydrogen-bond acceptors (Lipinski definition) is 6. The van der Waals surface area contributed by atoms with Crippen molar-refractivity contribution in [3.8, 4) is 11.5 Å². The third-order valence-corrected chi connectivity index (χ3v) is 5.33. The third-order valence-electron chi connectivity index (χ3n) is 5.33. The highest BCUT2D eigenvalue weighted by Crippen LogP contribution is 2.32. The molecule has 0 aliphatic carbocycles. The Bertz CT molecular complexity index is 1200. The number of nitrogens with zero attached hydrogens (tertiary/aromatic N) is 1. The Morgan fingerprint density at radius 3 is 2.44 bits per heavy atom. The summed E-state index contributed by atoms with van der Waals surface area (Å²) in [6.45, 7) is 4.38. The Hall–Kier alpha value is -3.87. The summed E-state index contributed by atoms with van der Waals surface area (Å²) in [5.74, 6) is -1.45. The topological polar surface area (TPSA) is 94.8 Å². The molecule has 0 aliphatic heterocycles. The maximum absolute atomic E-state index is 13.3. The number of carbonyl (C=O) groups excluding carboxylic acids is 2. The minimum Gasteiger partial charge on any atom is -0.504 e. The molecule has 0 saturated heterocycles. The minimum absolute atomic E-state index is 0.0131. The first-order chi connectivity index (χ1) is 16.5. The fraction of sp³-hybridized carbons (Fsp3) is 0.296. The van der Waals surface area contributed by atoms with Crippen LogP contribution in [0.5, 0.6) is 11.5 Å². The third kappa shape index (κ3) is 5.92. The Morgan fingerprint density at radius 1 is 0.971 bits per heavy atom. The van der Waals surface area contributed by atoms with Gasteiger partial charge in [0.2, 0.25) is 0 Å². The van der Waals surface area contributed by atoms with E-state index in [0.29, 0.717) is 6.54 Å². The molecule has 1 heterocycles. The van der Waals surface area contributed by atoms with Gasteiger partial charge in [-0.15, -0.1) is 0 Å². The van der Waals surface area contributed by atoms with E-state index in [1.165, 1.54) is 22.9 Å². The molecule has 0 unspecified atom stereocenters.